The number of hydrogen-bond donors (Lipinski definition) is 3. The number of ether oxygens (including phenoxy) is 1. The maximum Gasteiger partial charge on any atom is 0.280 e. The summed E-state index contributed by atoms with van der Waals surface area (Å²) in [6.45, 7) is 6.51. The van der Waals surface area contributed by atoms with Gasteiger partial charge in [-0.1, -0.05) is 75.7 Å². The SMILES string of the molecule is CCCc1c(Cc2ccc(-c3ccccc3C3=NC(O)ON3)cc2)c(=O)n([C@@H]2CC23CCC(OCC(O)(CC)CC)CC3)c2ncnn12. The molecular formula is C37H46N6O5. The van der Waals surface area contributed by atoms with Crippen molar-refractivity contribution in [3.63, 3.8) is 0 Å². The van der Waals surface area contributed by atoms with Gasteiger partial charge in [-0.15, -0.1) is 0 Å². The summed E-state index contributed by atoms with van der Waals surface area (Å²) in [6.07, 6.45) is 8.78. The highest BCUT2D eigenvalue weighted by Crippen LogP contribution is 2.64. The molecule has 4 aromatic rings. The minimum Gasteiger partial charge on any atom is -0.388 e. The topological polar surface area (TPSA) is 136 Å². The Balaban J connectivity index is 1.14. The first-order valence-electron chi connectivity index (χ1n) is 17.4. The first kappa shape index (κ1) is 32.6. The van der Waals surface area contributed by atoms with Gasteiger partial charge < -0.3 is 14.9 Å². The number of rotatable bonds is 12. The van der Waals surface area contributed by atoms with Crippen LogP contribution in [0.1, 0.15) is 101 Å². The lowest BCUT2D eigenvalue weighted by atomic mass is 9.83. The summed E-state index contributed by atoms with van der Waals surface area (Å²) in [5.74, 6) is 1.11. The highest BCUT2D eigenvalue weighted by Gasteiger charge is 2.57. The van der Waals surface area contributed by atoms with Crippen molar-refractivity contribution < 1.29 is 19.8 Å². The molecule has 1 spiro atoms. The average Bonchev–Trinajstić information content (AvgIpc) is 3.39. The Hall–Kier alpha value is -3.90. The first-order chi connectivity index (χ1) is 23.3. The van der Waals surface area contributed by atoms with Crippen LogP contribution in [0.15, 0.2) is 64.6 Å². The molecule has 2 aliphatic carbocycles. The lowest BCUT2D eigenvalue weighted by molar-refractivity contribution is -0.102. The Bertz CT molecular complexity index is 1850. The largest absolute Gasteiger partial charge is 0.388 e. The summed E-state index contributed by atoms with van der Waals surface area (Å²) < 4.78 is 10.0. The smallest absolute Gasteiger partial charge is 0.280 e. The minimum atomic E-state index is -1.23. The van der Waals surface area contributed by atoms with E-state index in [9.17, 15) is 15.0 Å². The van der Waals surface area contributed by atoms with Crippen molar-refractivity contribution in [3.8, 4) is 11.1 Å². The van der Waals surface area contributed by atoms with E-state index in [-0.39, 0.29) is 23.1 Å². The van der Waals surface area contributed by atoms with Crippen LogP contribution in [-0.2, 0) is 22.4 Å². The number of nitrogens with one attached hydrogen (secondary N) is 1. The Morgan fingerprint density at radius 2 is 1.79 bits per heavy atom. The molecule has 7 rings (SSSR count). The van der Waals surface area contributed by atoms with Gasteiger partial charge in [0, 0.05) is 23.6 Å². The van der Waals surface area contributed by atoms with Crippen LogP contribution < -0.4 is 11.0 Å². The number of aliphatic imine (C=N–C) groups is 1. The van der Waals surface area contributed by atoms with Gasteiger partial charge in [0.2, 0.25) is 5.78 Å². The average molecular weight is 655 g/mol. The number of aliphatic hydroxyl groups is 2. The van der Waals surface area contributed by atoms with E-state index in [1.807, 2.05) is 47.2 Å². The fourth-order valence-electron chi connectivity index (χ4n) is 7.66. The Kier molecular flexibility index (Phi) is 8.97. The van der Waals surface area contributed by atoms with E-state index in [1.165, 1.54) is 0 Å². The van der Waals surface area contributed by atoms with Gasteiger partial charge in [-0.3, -0.25) is 9.36 Å². The van der Waals surface area contributed by atoms with Crippen molar-refractivity contribution in [1.29, 1.82) is 0 Å². The normalized spacial score (nSPS) is 23.9. The number of aliphatic hydroxyl groups excluding tert-OH is 1. The Morgan fingerprint density at radius 1 is 1.06 bits per heavy atom. The maximum atomic E-state index is 14.5. The van der Waals surface area contributed by atoms with Gasteiger partial charge in [0.1, 0.15) is 6.33 Å². The van der Waals surface area contributed by atoms with E-state index in [4.69, 9.17) is 9.57 Å². The standard InChI is InChI=1S/C37H46N6O5/c1-4-9-30-29(20-24-12-14-25(15-13-24)27-10-7-8-11-28(27)32-40-35(45)48-41-32)33(44)42(34-38-23-39-43(30)34)31-21-36(31)18-16-26(17-19-36)47-22-37(46,5-2)6-3/h7-8,10-15,23,26,31,35,45-46H,4-6,9,16-22H2,1-3H3,(H,40,41)/t26?,31-,35?,36?/m1/s1. The van der Waals surface area contributed by atoms with Crippen molar-refractivity contribution in [3.05, 3.63) is 87.6 Å². The van der Waals surface area contributed by atoms with E-state index in [0.29, 0.717) is 37.5 Å². The first-order valence-corrected chi connectivity index (χ1v) is 17.4. The summed E-state index contributed by atoms with van der Waals surface area (Å²) in [4.78, 5) is 28.3. The van der Waals surface area contributed by atoms with Crippen LogP contribution in [0, 0.1) is 5.41 Å². The second-order valence-corrected chi connectivity index (χ2v) is 13.8. The quantitative estimate of drug-likeness (QED) is 0.192. The van der Waals surface area contributed by atoms with Gasteiger partial charge in [0.25, 0.3) is 12.0 Å². The lowest BCUT2D eigenvalue weighted by Gasteiger charge is -2.33. The molecule has 254 valence electrons. The Labute approximate surface area is 280 Å². The molecule has 2 atom stereocenters. The zero-order chi connectivity index (χ0) is 33.5. The summed E-state index contributed by atoms with van der Waals surface area (Å²) in [7, 11) is 0. The molecule has 0 saturated heterocycles. The molecule has 3 N–H and O–H groups in total. The molecule has 2 fully saturated rings. The second-order valence-electron chi connectivity index (χ2n) is 13.8. The number of hydroxylamine groups is 1. The van der Waals surface area contributed by atoms with Crippen LogP contribution in [0.25, 0.3) is 16.9 Å². The van der Waals surface area contributed by atoms with Crippen LogP contribution in [0.3, 0.4) is 0 Å². The third-order valence-corrected chi connectivity index (χ3v) is 10.9. The number of benzene rings is 2. The summed E-state index contributed by atoms with van der Waals surface area (Å²) in [6, 6.07) is 16.2. The summed E-state index contributed by atoms with van der Waals surface area (Å²) >= 11 is 0. The van der Waals surface area contributed by atoms with E-state index >= 15 is 0 Å². The maximum absolute atomic E-state index is 14.5. The summed E-state index contributed by atoms with van der Waals surface area (Å²) in [5, 5.41) is 25.0. The molecule has 48 heavy (non-hydrogen) atoms. The van der Waals surface area contributed by atoms with Gasteiger partial charge in [-0.25, -0.2) is 19.8 Å². The molecule has 0 bridgehead atoms. The third-order valence-electron chi connectivity index (χ3n) is 10.9. The molecule has 0 radical (unpaired) electrons. The van der Waals surface area contributed by atoms with E-state index < -0.39 is 12.0 Å². The zero-order valence-electron chi connectivity index (χ0n) is 28.1. The fourth-order valence-corrected chi connectivity index (χ4v) is 7.66. The van der Waals surface area contributed by atoms with Crippen LogP contribution in [0.2, 0.25) is 0 Å². The molecule has 2 saturated carbocycles. The van der Waals surface area contributed by atoms with Crippen molar-refractivity contribution in [2.45, 2.75) is 109 Å². The van der Waals surface area contributed by atoms with Crippen molar-refractivity contribution in [1.82, 2.24) is 24.6 Å². The number of aromatic nitrogens is 4. The fraction of sp³-hybridized carbons (Fsp3) is 0.514. The third kappa shape index (κ3) is 6.09. The van der Waals surface area contributed by atoms with Crippen LogP contribution in [0.4, 0.5) is 0 Å². The van der Waals surface area contributed by atoms with E-state index in [0.717, 1.165) is 78.5 Å². The second kappa shape index (κ2) is 13.2. The minimum absolute atomic E-state index is 0.0356. The van der Waals surface area contributed by atoms with Gasteiger partial charge in [-0.05, 0) is 73.5 Å². The summed E-state index contributed by atoms with van der Waals surface area (Å²) in [5.41, 5.74) is 7.57. The molecule has 3 aliphatic rings. The van der Waals surface area contributed by atoms with Crippen LogP contribution in [-0.4, -0.2) is 59.9 Å². The van der Waals surface area contributed by atoms with Gasteiger partial charge in [-0.2, -0.15) is 10.1 Å². The number of amidine groups is 1. The Morgan fingerprint density at radius 3 is 2.46 bits per heavy atom. The van der Waals surface area contributed by atoms with Gasteiger partial charge >= 0.3 is 0 Å². The van der Waals surface area contributed by atoms with Crippen LogP contribution in [0.5, 0.6) is 0 Å². The molecule has 3 heterocycles. The molecule has 11 nitrogen and oxygen atoms in total. The van der Waals surface area contributed by atoms with E-state index in [2.05, 4.69) is 51.7 Å². The molecule has 1 aliphatic heterocycles. The lowest BCUT2D eigenvalue weighted by Crippen LogP contribution is -2.36. The molecule has 2 aromatic heterocycles. The predicted octanol–water partition coefficient (Wildman–Crippen LogP) is 5.10. The monoisotopic (exact) mass is 654 g/mol. The molecule has 1 unspecified atom stereocenters. The van der Waals surface area contributed by atoms with E-state index in [1.54, 1.807) is 6.33 Å². The number of hydrogen-bond acceptors (Lipinski definition) is 9. The van der Waals surface area contributed by atoms with Crippen molar-refractivity contribution in [2.24, 2.45) is 10.4 Å². The zero-order valence-corrected chi connectivity index (χ0v) is 28.1. The van der Waals surface area contributed by atoms with Gasteiger partial charge in [0.05, 0.1) is 24.0 Å². The number of aryl methyl sites for hydroxylation is 1. The highest BCUT2D eigenvalue weighted by molar-refractivity contribution is 6.04. The molecular weight excluding hydrogens is 608 g/mol. The number of fused-ring (bicyclic) bond motifs is 1. The van der Waals surface area contributed by atoms with Gasteiger partial charge in [0.15, 0.2) is 5.84 Å². The molecule has 2 aromatic carbocycles. The predicted molar refractivity (Wildman–Crippen MR) is 183 cm³/mol. The highest BCUT2D eigenvalue weighted by atomic mass is 16.7. The number of nitrogens with zero attached hydrogens (tertiary/aromatic N) is 5. The molecule has 11 heteroatoms. The van der Waals surface area contributed by atoms with Crippen molar-refractivity contribution in [2.75, 3.05) is 6.61 Å². The van der Waals surface area contributed by atoms with Crippen molar-refractivity contribution >= 4 is 11.6 Å². The van der Waals surface area contributed by atoms with Crippen LogP contribution >= 0.6 is 0 Å². The molecule has 0 amide bonds.